The van der Waals surface area contributed by atoms with Crippen molar-refractivity contribution >= 4 is 23.7 Å². The molecule has 2 aliphatic rings. The van der Waals surface area contributed by atoms with Crippen molar-refractivity contribution in [3.05, 3.63) is 64.2 Å². The Kier molecular flexibility index (Phi) is 10.4. The number of hydrogen-bond acceptors (Lipinski definition) is 6. The number of benzene rings is 2. The Morgan fingerprint density at radius 3 is 2.02 bits per heavy atom. The van der Waals surface area contributed by atoms with Crippen LogP contribution in [0.5, 0.6) is 0 Å². The third kappa shape index (κ3) is 8.31. The second-order valence-corrected chi connectivity index (χ2v) is 12.1. The normalized spacial score (nSPS) is 20.0. The molecule has 19 heteroatoms. The second-order valence-electron chi connectivity index (χ2n) is 12.1. The van der Waals surface area contributed by atoms with Crippen molar-refractivity contribution in [1.82, 2.24) is 21.1 Å². The maximum absolute atomic E-state index is 13.8. The summed E-state index contributed by atoms with van der Waals surface area (Å²) in [5.74, 6) is -1.54. The Morgan fingerprint density at radius 2 is 1.51 bits per heavy atom. The van der Waals surface area contributed by atoms with E-state index in [0.29, 0.717) is 18.6 Å². The van der Waals surface area contributed by atoms with Gasteiger partial charge in [0, 0.05) is 11.6 Å². The predicted molar refractivity (Wildman–Crippen MR) is 156 cm³/mol. The largest absolute Gasteiger partial charge is 0.481 e. The number of nitrogens with zero attached hydrogens (tertiary/aromatic N) is 4. The van der Waals surface area contributed by atoms with Gasteiger partial charge in [0.05, 0.1) is 53.5 Å². The molecule has 0 aromatic heterocycles. The third-order valence-corrected chi connectivity index (χ3v) is 7.98. The maximum atomic E-state index is 13.8. The third-order valence-electron chi connectivity index (χ3n) is 7.98. The van der Waals surface area contributed by atoms with E-state index < -0.39 is 83.4 Å². The van der Waals surface area contributed by atoms with E-state index in [9.17, 15) is 54.2 Å². The number of carbonyl (C=O) groups excluding carboxylic acids is 1. The average molecular weight is 713 g/mol. The van der Waals surface area contributed by atoms with E-state index >= 15 is 0 Å². The van der Waals surface area contributed by atoms with Gasteiger partial charge in [0.2, 0.25) is 5.96 Å². The van der Waals surface area contributed by atoms with Crippen LogP contribution >= 0.6 is 0 Å². The first-order valence-electron chi connectivity index (χ1n) is 14.9. The molecule has 270 valence electrons. The molecule has 2 atom stereocenters. The van der Waals surface area contributed by atoms with Crippen molar-refractivity contribution in [2.75, 3.05) is 18.1 Å². The number of aliphatic carboxylic acids is 1. The van der Waals surface area contributed by atoms with E-state index in [1.165, 1.54) is 18.7 Å². The summed E-state index contributed by atoms with van der Waals surface area (Å²) in [6.45, 7) is 4.79. The number of carboxylic acids is 1. The number of carbonyl (C=O) groups is 2. The zero-order valence-corrected chi connectivity index (χ0v) is 26.5. The van der Waals surface area contributed by atoms with Gasteiger partial charge in [-0.05, 0) is 75.6 Å². The number of amides is 1. The fourth-order valence-electron chi connectivity index (χ4n) is 5.43. The molecule has 2 aliphatic heterocycles. The quantitative estimate of drug-likeness (QED) is 0.248. The number of carboxylic acid groups (broad SMARTS) is 1. The summed E-state index contributed by atoms with van der Waals surface area (Å²) in [5.41, 5.74) is -0.999. The fourth-order valence-corrected chi connectivity index (χ4v) is 5.43. The molecule has 0 spiro atoms. The number of rotatable bonds is 8. The first kappa shape index (κ1) is 37.6. The Labute approximate surface area is 274 Å². The number of nitrogens with one attached hydrogen (secondary N) is 2. The molecule has 2 aromatic rings. The number of anilines is 1. The molecular weight excluding hydrogens is 679 g/mol. The number of alkyl halides is 9. The van der Waals surface area contributed by atoms with E-state index in [0.717, 1.165) is 28.3 Å². The Morgan fingerprint density at radius 1 is 0.918 bits per heavy atom. The molecule has 0 radical (unpaired) electrons. The lowest BCUT2D eigenvalue weighted by Gasteiger charge is -2.39. The second kappa shape index (κ2) is 13.6. The summed E-state index contributed by atoms with van der Waals surface area (Å²) in [6.07, 6.45) is -15.6. The monoisotopic (exact) mass is 712 g/mol. The van der Waals surface area contributed by atoms with Crippen LogP contribution in [-0.2, 0) is 34.6 Å². The van der Waals surface area contributed by atoms with Gasteiger partial charge in [-0.3, -0.25) is 20.1 Å². The van der Waals surface area contributed by atoms with E-state index in [2.05, 4.69) is 16.0 Å². The van der Waals surface area contributed by atoms with Crippen LogP contribution in [0.25, 0.3) is 0 Å². The number of hydrogen-bond donors (Lipinski definition) is 3. The zero-order chi connectivity index (χ0) is 36.7. The molecule has 4 rings (SSSR count). The summed E-state index contributed by atoms with van der Waals surface area (Å²) in [7, 11) is 0. The van der Waals surface area contributed by atoms with Gasteiger partial charge in [0.25, 0.3) is 0 Å². The number of aliphatic imine (C=N–C) groups is 1. The molecule has 0 aliphatic carbocycles. The van der Waals surface area contributed by atoms with Gasteiger partial charge >= 0.3 is 30.6 Å². The standard InChI is InChI=1S/C30H33F9N6O4/c1-5-20-13-22(21-12-17(28(31,32)33)7-8-23(21)45(20)26(48)49-6-2)40-25-41-42-44(15-27(3,4)24(46)47)43(25)14-16-9-18(29(34,35)36)11-19(10-16)30(37,38)39/h7-12,20,22,42H,5-6,13-15H2,1-4H3,(H,40,41)(H,46,47)/t20-,22+/m1/s1. The lowest BCUT2D eigenvalue weighted by molar-refractivity contribution is -0.151. The lowest BCUT2D eigenvalue weighted by Crippen LogP contribution is -2.50. The number of fused-ring (bicyclic) bond motifs is 1. The topological polar surface area (TPSA) is 110 Å². The van der Waals surface area contributed by atoms with Crippen molar-refractivity contribution in [1.29, 1.82) is 0 Å². The molecule has 10 nitrogen and oxygen atoms in total. The highest BCUT2D eigenvalue weighted by Gasteiger charge is 2.42. The molecule has 1 saturated heterocycles. The number of halogens is 9. The molecule has 49 heavy (non-hydrogen) atoms. The first-order chi connectivity index (χ1) is 22.6. The highest BCUT2D eigenvalue weighted by Crippen LogP contribution is 2.44. The van der Waals surface area contributed by atoms with Gasteiger partial charge < -0.3 is 9.84 Å². The predicted octanol–water partition coefficient (Wildman–Crippen LogP) is 7.14. The summed E-state index contributed by atoms with van der Waals surface area (Å²) in [5, 5.41) is 11.9. The Hall–Kier alpha value is -4.26. The van der Waals surface area contributed by atoms with Gasteiger partial charge in [-0.2, -0.15) is 39.5 Å². The Bertz CT molecular complexity index is 1560. The van der Waals surface area contributed by atoms with Crippen LogP contribution in [0, 0.1) is 5.41 Å². The van der Waals surface area contributed by atoms with Crippen LogP contribution in [0.4, 0.5) is 50.0 Å². The van der Waals surface area contributed by atoms with E-state index in [1.807, 2.05) is 0 Å². The van der Waals surface area contributed by atoms with Crippen LogP contribution < -0.4 is 15.9 Å². The highest BCUT2D eigenvalue weighted by molar-refractivity contribution is 5.91. The van der Waals surface area contributed by atoms with Crippen molar-refractivity contribution in [2.24, 2.45) is 10.4 Å². The van der Waals surface area contributed by atoms with Crippen LogP contribution in [0.2, 0.25) is 0 Å². The first-order valence-corrected chi connectivity index (χ1v) is 14.9. The molecule has 2 aromatic carbocycles. The van der Waals surface area contributed by atoms with Crippen LogP contribution in [-0.4, -0.2) is 52.4 Å². The average Bonchev–Trinajstić information content (AvgIpc) is 3.34. The molecule has 1 amide bonds. The van der Waals surface area contributed by atoms with Crippen LogP contribution in [0.3, 0.4) is 0 Å². The Balaban J connectivity index is 1.87. The number of ether oxygens (including phenoxy) is 1. The van der Waals surface area contributed by atoms with E-state index in [-0.39, 0.29) is 36.3 Å². The molecular formula is C30H33F9N6O4. The maximum Gasteiger partial charge on any atom is 0.416 e. The van der Waals surface area contributed by atoms with Gasteiger partial charge in [-0.15, -0.1) is 10.7 Å². The van der Waals surface area contributed by atoms with Crippen molar-refractivity contribution in [3.8, 4) is 0 Å². The summed E-state index contributed by atoms with van der Waals surface area (Å²) in [4.78, 5) is 30.7. The number of guanidine groups is 1. The van der Waals surface area contributed by atoms with Crippen LogP contribution in [0.15, 0.2) is 41.4 Å². The summed E-state index contributed by atoms with van der Waals surface area (Å²) >= 11 is 0. The fraction of sp³-hybridized carbons (Fsp3) is 0.500. The minimum Gasteiger partial charge on any atom is -0.481 e. The van der Waals surface area contributed by atoms with Crippen molar-refractivity contribution in [2.45, 2.75) is 77.7 Å². The smallest absolute Gasteiger partial charge is 0.416 e. The van der Waals surface area contributed by atoms with Gasteiger partial charge in [0.15, 0.2) is 0 Å². The lowest BCUT2D eigenvalue weighted by atomic mass is 9.89. The minimum atomic E-state index is -5.15. The van der Waals surface area contributed by atoms with Gasteiger partial charge in [0.1, 0.15) is 0 Å². The summed E-state index contributed by atoms with van der Waals surface area (Å²) < 4.78 is 129. The molecule has 0 saturated carbocycles. The molecule has 0 bridgehead atoms. The van der Waals surface area contributed by atoms with E-state index in [1.54, 1.807) is 13.8 Å². The highest BCUT2D eigenvalue weighted by atomic mass is 19.4. The van der Waals surface area contributed by atoms with Gasteiger partial charge in [-0.25, -0.2) is 9.79 Å². The van der Waals surface area contributed by atoms with Crippen LogP contribution in [0.1, 0.15) is 74.4 Å². The molecule has 3 N–H and O–H groups in total. The molecule has 2 heterocycles. The number of hydrazine groups is 3. The minimum absolute atomic E-state index is 0.0217. The van der Waals surface area contributed by atoms with Gasteiger partial charge in [-0.1, -0.05) is 6.92 Å². The molecule has 1 fully saturated rings. The van der Waals surface area contributed by atoms with Crippen molar-refractivity contribution < 1.29 is 58.9 Å². The SMILES string of the molecule is CCOC(=O)N1c2ccc(C(F)(F)F)cc2[C@@H](N=C2NNN(CC(C)(C)C(=O)O)N2Cc2cc(C(F)(F)F)cc(C(F)(F)F)c2)C[C@H]1CC. The van der Waals surface area contributed by atoms with Crippen molar-refractivity contribution in [3.63, 3.8) is 0 Å². The zero-order valence-electron chi connectivity index (χ0n) is 26.5. The molecule has 0 unspecified atom stereocenters. The summed E-state index contributed by atoms with van der Waals surface area (Å²) in [6, 6.07) is 1.90. The van der Waals surface area contributed by atoms with E-state index in [4.69, 9.17) is 4.74 Å².